The normalized spacial score (nSPS) is 9.88. The van der Waals surface area contributed by atoms with Crippen LogP contribution in [0.15, 0.2) is 24.3 Å². The van der Waals surface area contributed by atoms with E-state index in [9.17, 15) is 4.39 Å². The van der Waals surface area contributed by atoms with Crippen LogP contribution in [0, 0.1) is 5.82 Å². The third-order valence-corrected chi connectivity index (χ3v) is 2.28. The van der Waals surface area contributed by atoms with Gasteiger partial charge in [-0.25, -0.2) is 4.39 Å². The largest absolute Gasteiger partial charge is 0.396 e. The summed E-state index contributed by atoms with van der Waals surface area (Å²) >= 11 is 0. The van der Waals surface area contributed by atoms with Crippen LogP contribution in [0.25, 0.3) is 0 Å². The van der Waals surface area contributed by atoms with Crippen LogP contribution >= 0.6 is 12.4 Å². The van der Waals surface area contributed by atoms with Crippen LogP contribution in [0.1, 0.15) is 24.8 Å². The van der Waals surface area contributed by atoms with E-state index in [0.29, 0.717) is 12.1 Å². The van der Waals surface area contributed by atoms with Crippen molar-refractivity contribution in [3.05, 3.63) is 35.6 Å². The summed E-state index contributed by atoms with van der Waals surface area (Å²) in [6, 6.07) is 6.80. The molecule has 0 bridgehead atoms. The molecule has 0 aliphatic heterocycles. The third kappa shape index (κ3) is 6.05. The van der Waals surface area contributed by atoms with E-state index in [1.807, 2.05) is 6.07 Å². The Kier molecular flexibility index (Phi) is 9.19. The summed E-state index contributed by atoms with van der Waals surface area (Å²) < 4.78 is 13.1. The molecule has 1 rings (SSSR count). The van der Waals surface area contributed by atoms with Gasteiger partial charge in [-0.15, -0.1) is 12.4 Å². The molecule has 0 saturated carbocycles. The van der Waals surface area contributed by atoms with Crippen molar-refractivity contribution in [1.29, 1.82) is 0 Å². The molecule has 0 fully saturated rings. The van der Waals surface area contributed by atoms with Gasteiger partial charge in [0, 0.05) is 18.7 Å². The average molecular weight is 248 g/mol. The molecule has 0 spiro atoms. The third-order valence-electron chi connectivity index (χ3n) is 2.28. The molecule has 0 atom stereocenters. The molecule has 0 heterocycles. The molecule has 2 nitrogen and oxygen atoms in total. The molecule has 2 N–H and O–H groups in total. The Bertz CT molecular complexity index is 283. The maximum absolute atomic E-state index is 13.1. The maximum atomic E-state index is 13.1. The fourth-order valence-corrected chi connectivity index (χ4v) is 1.40. The molecule has 92 valence electrons. The second-order valence-electron chi connectivity index (χ2n) is 3.55. The average Bonchev–Trinajstić information content (AvgIpc) is 2.25. The summed E-state index contributed by atoms with van der Waals surface area (Å²) in [5.74, 6) is -0.152. The van der Waals surface area contributed by atoms with Crippen molar-refractivity contribution in [2.24, 2.45) is 0 Å². The van der Waals surface area contributed by atoms with Gasteiger partial charge in [-0.05, 0) is 31.9 Å². The monoisotopic (exact) mass is 247 g/mol. The summed E-state index contributed by atoms with van der Waals surface area (Å²) in [5, 5.41) is 11.7. The van der Waals surface area contributed by atoms with Crippen LogP contribution in [0.2, 0.25) is 0 Å². The lowest BCUT2D eigenvalue weighted by atomic mass is 10.2. The molecular formula is C12H19ClFNO. The number of nitrogens with one attached hydrogen (secondary N) is 1. The fraction of sp³-hybridized carbons (Fsp3) is 0.500. The van der Waals surface area contributed by atoms with Crippen LogP contribution in [0.3, 0.4) is 0 Å². The smallest absolute Gasteiger partial charge is 0.127 e. The Morgan fingerprint density at radius 1 is 1.12 bits per heavy atom. The molecule has 0 saturated heterocycles. The summed E-state index contributed by atoms with van der Waals surface area (Å²) in [4.78, 5) is 0. The Morgan fingerprint density at radius 2 is 1.88 bits per heavy atom. The Morgan fingerprint density at radius 3 is 2.56 bits per heavy atom. The number of rotatable bonds is 7. The van der Waals surface area contributed by atoms with Crippen molar-refractivity contribution in [3.8, 4) is 0 Å². The molecule has 0 aliphatic rings. The number of benzene rings is 1. The summed E-state index contributed by atoms with van der Waals surface area (Å²) in [5.41, 5.74) is 0.708. The molecule has 0 radical (unpaired) electrons. The van der Waals surface area contributed by atoms with Gasteiger partial charge in [-0.3, -0.25) is 0 Å². The molecule has 16 heavy (non-hydrogen) atoms. The number of unbranched alkanes of at least 4 members (excludes halogenated alkanes) is 2. The van der Waals surface area contributed by atoms with Gasteiger partial charge in [-0.2, -0.15) is 0 Å². The Hall–Kier alpha value is -0.640. The van der Waals surface area contributed by atoms with Gasteiger partial charge in [0.05, 0.1) is 0 Å². The van der Waals surface area contributed by atoms with Gasteiger partial charge in [-0.1, -0.05) is 18.2 Å². The standard InChI is InChI=1S/C12H18FNO.ClH/c13-12-7-3-2-6-11(12)10-14-8-4-1-5-9-15;/h2-3,6-7,14-15H,1,4-5,8-10H2;1H. The molecule has 0 amide bonds. The second-order valence-corrected chi connectivity index (χ2v) is 3.55. The molecule has 0 aromatic heterocycles. The van der Waals surface area contributed by atoms with Gasteiger partial charge in [0.25, 0.3) is 0 Å². The molecule has 1 aromatic carbocycles. The van der Waals surface area contributed by atoms with Gasteiger partial charge >= 0.3 is 0 Å². The second kappa shape index (κ2) is 9.58. The minimum atomic E-state index is -0.152. The summed E-state index contributed by atoms with van der Waals surface area (Å²) in [7, 11) is 0. The van der Waals surface area contributed by atoms with Crippen LogP contribution < -0.4 is 5.32 Å². The highest BCUT2D eigenvalue weighted by molar-refractivity contribution is 5.85. The van der Waals surface area contributed by atoms with Crippen molar-refractivity contribution in [2.45, 2.75) is 25.8 Å². The van der Waals surface area contributed by atoms with Crippen molar-refractivity contribution >= 4 is 12.4 Å². The number of hydrogen-bond donors (Lipinski definition) is 2. The van der Waals surface area contributed by atoms with Gasteiger partial charge in [0.15, 0.2) is 0 Å². The van der Waals surface area contributed by atoms with E-state index >= 15 is 0 Å². The Labute approximate surface area is 102 Å². The highest BCUT2D eigenvalue weighted by Crippen LogP contribution is 2.05. The molecular weight excluding hydrogens is 229 g/mol. The number of halogens is 2. The zero-order valence-electron chi connectivity index (χ0n) is 9.29. The van der Waals surface area contributed by atoms with Gasteiger partial charge < -0.3 is 10.4 Å². The van der Waals surface area contributed by atoms with E-state index in [0.717, 1.165) is 25.8 Å². The summed E-state index contributed by atoms with van der Waals surface area (Å²) in [6.07, 6.45) is 2.89. The highest BCUT2D eigenvalue weighted by atomic mass is 35.5. The first-order chi connectivity index (χ1) is 7.34. The van der Waals surface area contributed by atoms with Crippen LogP contribution in [0.5, 0.6) is 0 Å². The topological polar surface area (TPSA) is 32.3 Å². The van der Waals surface area contributed by atoms with E-state index in [-0.39, 0.29) is 24.8 Å². The first-order valence-corrected chi connectivity index (χ1v) is 5.39. The lowest BCUT2D eigenvalue weighted by molar-refractivity contribution is 0.283. The molecule has 4 heteroatoms. The lowest BCUT2D eigenvalue weighted by Crippen LogP contribution is -2.15. The predicted molar refractivity (Wildman–Crippen MR) is 66.3 cm³/mol. The van der Waals surface area contributed by atoms with Crippen LogP contribution in [-0.2, 0) is 6.54 Å². The van der Waals surface area contributed by atoms with Crippen LogP contribution in [0.4, 0.5) is 4.39 Å². The SMILES string of the molecule is Cl.OCCCCCNCc1ccccc1F. The lowest BCUT2D eigenvalue weighted by Gasteiger charge is -2.05. The minimum absolute atomic E-state index is 0. The first kappa shape index (κ1) is 15.4. The molecule has 0 unspecified atom stereocenters. The van der Waals surface area contributed by atoms with E-state index in [2.05, 4.69) is 5.32 Å². The van der Waals surface area contributed by atoms with E-state index in [4.69, 9.17) is 5.11 Å². The number of hydrogen-bond acceptors (Lipinski definition) is 2. The maximum Gasteiger partial charge on any atom is 0.127 e. The molecule has 0 aliphatic carbocycles. The Balaban J connectivity index is 0.00000225. The van der Waals surface area contributed by atoms with Crippen molar-refractivity contribution < 1.29 is 9.50 Å². The number of aliphatic hydroxyl groups excluding tert-OH is 1. The van der Waals surface area contributed by atoms with Gasteiger partial charge in [0.1, 0.15) is 5.82 Å². The minimum Gasteiger partial charge on any atom is -0.396 e. The van der Waals surface area contributed by atoms with Crippen LogP contribution in [-0.4, -0.2) is 18.3 Å². The van der Waals surface area contributed by atoms with E-state index in [1.54, 1.807) is 12.1 Å². The quantitative estimate of drug-likeness (QED) is 0.726. The highest BCUT2D eigenvalue weighted by Gasteiger charge is 1.98. The van der Waals surface area contributed by atoms with Gasteiger partial charge in [0.2, 0.25) is 0 Å². The van der Waals surface area contributed by atoms with Crippen molar-refractivity contribution in [1.82, 2.24) is 5.32 Å². The first-order valence-electron chi connectivity index (χ1n) is 5.39. The zero-order chi connectivity index (χ0) is 10.9. The fourth-order valence-electron chi connectivity index (χ4n) is 1.40. The predicted octanol–water partition coefficient (Wildman–Crippen LogP) is 2.50. The van der Waals surface area contributed by atoms with Crippen molar-refractivity contribution in [3.63, 3.8) is 0 Å². The van der Waals surface area contributed by atoms with E-state index < -0.39 is 0 Å². The zero-order valence-corrected chi connectivity index (χ0v) is 10.1. The van der Waals surface area contributed by atoms with E-state index in [1.165, 1.54) is 6.07 Å². The number of aliphatic hydroxyl groups is 1. The summed E-state index contributed by atoms with van der Waals surface area (Å²) in [6.45, 7) is 1.70. The molecule has 1 aromatic rings. The van der Waals surface area contributed by atoms with Crippen molar-refractivity contribution in [2.75, 3.05) is 13.2 Å².